The molecule has 1 aromatic heterocycles. The Morgan fingerprint density at radius 2 is 2.05 bits per heavy atom. The largest absolute Gasteiger partial charge is 0.416 e. The summed E-state index contributed by atoms with van der Waals surface area (Å²) in [5.41, 5.74) is -0.274. The number of amides is 1. The quantitative estimate of drug-likeness (QED) is 0.901. The predicted molar refractivity (Wildman–Crippen MR) is 76.0 cm³/mol. The van der Waals surface area contributed by atoms with E-state index in [-0.39, 0.29) is 12.3 Å². The lowest BCUT2D eigenvalue weighted by Crippen LogP contribution is -2.28. The zero-order chi connectivity index (χ0) is 15.5. The van der Waals surface area contributed by atoms with Crippen molar-refractivity contribution >= 4 is 17.2 Å². The number of halogens is 3. The first kappa shape index (κ1) is 15.6. The molecule has 0 aliphatic heterocycles. The van der Waals surface area contributed by atoms with Crippen molar-refractivity contribution in [1.29, 1.82) is 0 Å². The smallest absolute Gasteiger partial charge is 0.349 e. The first-order valence-electron chi connectivity index (χ1n) is 6.35. The number of thiophene rings is 1. The molecule has 0 radical (unpaired) electrons. The average molecular weight is 313 g/mol. The molecule has 2 nitrogen and oxygen atoms in total. The van der Waals surface area contributed by atoms with Gasteiger partial charge >= 0.3 is 6.18 Å². The molecule has 112 valence electrons. The Morgan fingerprint density at radius 1 is 1.29 bits per heavy atom. The zero-order valence-corrected chi connectivity index (χ0v) is 12.1. The van der Waals surface area contributed by atoms with Gasteiger partial charge in [-0.25, -0.2) is 0 Å². The summed E-state index contributed by atoms with van der Waals surface area (Å²) < 4.78 is 38.0. The minimum Gasteiger partial charge on any atom is -0.349 e. The predicted octanol–water partition coefficient (Wildman–Crippen LogP) is 4.19. The first-order valence-corrected chi connectivity index (χ1v) is 7.23. The highest BCUT2D eigenvalue weighted by Crippen LogP contribution is 2.30. The number of rotatable bonds is 4. The number of hydrogen-bond donors (Lipinski definition) is 1. The molecular formula is C15H14F3NOS. The van der Waals surface area contributed by atoms with Gasteiger partial charge in [0.1, 0.15) is 0 Å². The lowest BCUT2D eigenvalue weighted by molar-refractivity contribution is -0.137. The topological polar surface area (TPSA) is 29.1 Å². The van der Waals surface area contributed by atoms with Crippen LogP contribution in [0.4, 0.5) is 13.2 Å². The van der Waals surface area contributed by atoms with Crippen molar-refractivity contribution in [3.8, 4) is 0 Å². The van der Waals surface area contributed by atoms with Gasteiger partial charge in [-0.3, -0.25) is 4.79 Å². The third-order valence-corrected chi connectivity index (χ3v) is 3.88. The number of carbonyl (C=O) groups is 1. The number of hydrogen-bond acceptors (Lipinski definition) is 2. The normalized spacial score (nSPS) is 13.0. The molecule has 1 amide bonds. The molecule has 1 aromatic carbocycles. The summed E-state index contributed by atoms with van der Waals surface area (Å²) in [5.74, 6) is -0.206. The summed E-state index contributed by atoms with van der Waals surface area (Å²) in [6, 6.07) is 8.23. The van der Waals surface area contributed by atoms with Crippen molar-refractivity contribution in [3.63, 3.8) is 0 Å². The van der Waals surface area contributed by atoms with E-state index in [1.54, 1.807) is 13.0 Å². The Balaban J connectivity index is 2.03. The average Bonchev–Trinajstić information content (AvgIpc) is 2.90. The van der Waals surface area contributed by atoms with Crippen molar-refractivity contribution < 1.29 is 18.0 Å². The molecule has 0 bridgehead atoms. The molecule has 1 unspecified atom stereocenters. The lowest BCUT2D eigenvalue weighted by atomic mass is 10.0. The van der Waals surface area contributed by atoms with E-state index in [9.17, 15) is 18.0 Å². The molecule has 2 aromatic rings. The van der Waals surface area contributed by atoms with E-state index in [4.69, 9.17) is 0 Å². The summed E-state index contributed by atoms with van der Waals surface area (Å²) in [6.45, 7) is 1.67. The van der Waals surface area contributed by atoms with Crippen LogP contribution in [0.3, 0.4) is 0 Å². The molecule has 0 aliphatic carbocycles. The van der Waals surface area contributed by atoms with Crippen LogP contribution in [0.5, 0.6) is 0 Å². The van der Waals surface area contributed by atoms with Gasteiger partial charge in [-0.2, -0.15) is 13.2 Å². The van der Waals surface area contributed by atoms with E-state index in [1.165, 1.54) is 17.4 Å². The summed E-state index contributed by atoms with van der Waals surface area (Å²) in [5, 5.41) is 4.59. The number of nitrogens with one attached hydrogen (secondary N) is 1. The molecule has 1 heterocycles. The van der Waals surface area contributed by atoms with Gasteiger partial charge in [-0.05, 0) is 36.1 Å². The number of alkyl halides is 3. The monoisotopic (exact) mass is 313 g/mol. The summed E-state index contributed by atoms with van der Waals surface area (Å²) in [7, 11) is 0. The van der Waals surface area contributed by atoms with Crippen LogP contribution in [0, 0.1) is 0 Å². The van der Waals surface area contributed by atoms with Crippen LogP contribution in [-0.2, 0) is 17.4 Å². The molecular weight excluding hydrogens is 299 g/mol. The first-order chi connectivity index (χ1) is 9.86. The molecule has 0 saturated carbocycles. The van der Waals surface area contributed by atoms with Gasteiger partial charge in [0.15, 0.2) is 0 Å². The number of benzene rings is 1. The fourth-order valence-corrected chi connectivity index (χ4v) is 2.64. The third kappa shape index (κ3) is 4.32. The minimum absolute atomic E-state index is 0.206. The van der Waals surface area contributed by atoms with E-state index in [2.05, 4.69) is 5.32 Å². The Bertz CT molecular complexity index is 608. The lowest BCUT2D eigenvalue weighted by Gasteiger charge is -2.16. The Hall–Kier alpha value is -1.82. The van der Waals surface area contributed by atoms with Crippen LogP contribution in [-0.4, -0.2) is 5.91 Å². The molecule has 0 saturated heterocycles. The number of carbonyl (C=O) groups excluding carboxylic acids is 1. The van der Waals surface area contributed by atoms with Crippen LogP contribution in [0.15, 0.2) is 41.8 Å². The van der Waals surface area contributed by atoms with Gasteiger partial charge in [-0.1, -0.05) is 18.2 Å². The van der Waals surface area contributed by atoms with E-state index in [0.717, 1.165) is 17.0 Å². The van der Waals surface area contributed by atoms with Crippen molar-refractivity contribution in [2.75, 3.05) is 0 Å². The van der Waals surface area contributed by atoms with Crippen LogP contribution < -0.4 is 5.32 Å². The van der Waals surface area contributed by atoms with Gasteiger partial charge in [-0.15, -0.1) is 11.3 Å². The molecule has 0 fully saturated rings. The second-order valence-corrected chi connectivity index (χ2v) is 5.70. The maximum Gasteiger partial charge on any atom is 0.416 e. The minimum atomic E-state index is -4.38. The van der Waals surface area contributed by atoms with E-state index in [0.29, 0.717) is 5.56 Å². The Morgan fingerprint density at radius 3 is 2.67 bits per heavy atom. The van der Waals surface area contributed by atoms with Crippen molar-refractivity contribution in [2.45, 2.75) is 25.6 Å². The summed E-state index contributed by atoms with van der Waals surface area (Å²) >= 11 is 1.47. The van der Waals surface area contributed by atoms with Crippen LogP contribution in [0.1, 0.15) is 29.0 Å². The van der Waals surface area contributed by atoms with Crippen LogP contribution in [0.2, 0.25) is 0 Å². The highest BCUT2D eigenvalue weighted by Gasteiger charge is 2.30. The van der Waals surface area contributed by atoms with Gasteiger partial charge in [0.2, 0.25) is 5.91 Å². The van der Waals surface area contributed by atoms with Gasteiger partial charge in [0, 0.05) is 4.88 Å². The Kier molecular flexibility index (Phi) is 4.67. The van der Waals surface area contributed by atoms with Gasteiger partial charge < -0.3 is 5.32 Å². The molecule has 0 aliphatic rings. The fourth-order valence-electron chi connectivity index (χ4n) is 1.93. The van der Waals surface area contributed by atoms with Crippen LogP contribution >= 0.6 is 11.3 Å². The molecule has 1 atom stereocenters. The zero-order valence-electron chi connectivity index (χ0n) is 11.3. The SMILES string of the molecule is CC(NC(=O)Cc1cccs1)c1cccc(C(F)(F)F)c1. The maximum atomic E-state index is 12.7. The molecule has 2 rings (SSSR count). The van der Waals surface area contributed by atoms with Gasteiger partial charge in [0.05, 0.1) is 18.0 Å². The Labute approximate surface area is 124 Å². The molecule has 1 N–H and O–H groups in total. The van der Waals surface area contributed by atoms with E-state index >= 15 is 0 Å². The third-order valence-electron chi connectivity index (χ3n) is 3.01. The molecule has 6 heteroatoms. The highest BCUT2D eigenvalue weighted by atomic mass is 32.1. The highest BCUT2D eigenvalue weighted by molar-refractivity contribution is 7.10. The van der Waals surface area contributed by atoms with Crippen molar-refractivity contribution in [2.24, 2.45) is 0 Å². The fraction of sp³-hybridized carbons (Fsp3) is 0.267. The summed E-state index contributed by atoms with van der Waals surface area (Å²) in [4.78, 5) is 12.8. The van der Waals surface area contributed by atoms with E-state index in [1.807, 2.05) is 17.5 Å². The van der Waals surface area contributed by atoms with Crippen molar-refractivity contribution in [3.05, 3.63) is 57.8 Å². The standard InChI is InChI=1S/C15H14F3NOS/c1-10(19-14(20)9-13-6-3-7-21-13)11-4-2-5-12(8-11)15(16,17)18/h2-8,10H,9H2,1H3,(H,19,20). The van der Waals surface area contributed by atoms with Gasteiger partial charge in [0.25, 0.3) is 0 Å². The van der Waals surface area contributed by atoms with Crippen molar-refractivity contribution in [1.82, 2.24) is 5.32 Å². The second-order valence-electron chi connectivity index (χ2n) is 4.67. The summed E-state index contributed by atoms with van der Waals surface area (Å²) in [6.07, 6.45) is -4.14. The van der Waals surface area contributed by atoms with Crippen LogP contribution in [0.25, 0.3) is 0 Å². The van der Waals surface area contributed by atoms with E-state index < -0.39 is 17.8 Å². The second kappa shape index (κ2) is 6.30. The molecule has 21 heavy (non-hydrogen) atoms. The molecule has 0 spiro atoms. The maximum absolute atomic E-state index is 12.7.